The number of anilines is 2. The third-order valence-corrected chi connectivity index (χ3v) is 3.60. The molecule has 0 aliphatic carbocycles. The van der Waals surface area contributed by atoms with Crippen molar-refractivity contribution in [1.82, 2.24) is 4.57 Å². The molecule has 3 N–H and O–H groups in total. The lowest BCUT2D eigenvalue weighted by molar-refractivity contribution is -0.124. The number of pyridine rings is 1. The second-order valence-corrected chi connectivity index (χ2v) is 6.05. The zero-order valence-electron chi connectivity index (χ0n) is 13.1. The first-order valence-corrected chi connectivity index (χ1v) is 7.13. The van der Waals surface area contributed by atoms with E-state index in [0.29, 0.717) is 17.9 Å². The molecule has 0 bridgehead atoms. The van der Waals surface area contributed by atoms with Crippen LogP contribution in [0.15, 0.2) is 47.3 Å². The second kappa shape index (κ2) is 6.05. The molecule has 0 radical (unpaired) electrons. The molecule has 0 unspecified atom stereocenters. The molecule has 5 heteroatoms. The van der Waals surface area contributed by atoms with Gasteiger partial charge in [-0.1, -0.05) is 6.07 Å². The largest absolute Gasteiger partial charge is 0.399 e. The lowest BCUT2D eigenvalue weighted by atomic mass is 9.91. The van der Waals surface area contributed by atoms with Gasteiger partial charge in [0.05, 0.1) is 5.41 Å². The Balaban J connectivity index is 2.17. The van der Waals surface area contributed by atoms with E-state index in [9.17, 15) is 9.59 Å². The monoisotopic (exact) mass is 299 g/mol. The van der Waals surface area contributed by atoms with E-state index < -0.39 is 5.41 Å². The van der Waals surface area contributed by atoms with E-state index in [1.165, 1.54) is 6.07 Å². The van der Waals surface area contributed by atoms with Gasteiger partial charge in [0.2, 0.25) is 5.91 Å². The maximum atomic E-state index is 12.5. The molecule has 0 aliphatic heterocycles. The fourth-order valence-corrected chi connectivity index (χ4v) is 2.16. The van der Waals surface area contributed by atoms with Crippen molar-refractivity contribution in [1.29, 1.82) is 0 Å². The highest BCUT2D eigenvalue weighted by atomic mass is 16.2. The first kappa shape index (κ1) is 15.8. The van der Waals surface area contributed by atoms with Gasteiger partial charge >= 0.3 is 0 Å². The molecular formula is C17H21N3O2. The molecule has 0 aliphatic rings. The zero-order valence-corrected chi connectivity index (χ0v) is 13.1. The number of hydrogen-bond acceptors (Lipinski definition) is 3. The number of benzene rings is 1. The summed E-state index contributed by atoms with van der Waals surface area (Å²) < 4.78 is 1.61. The number of nitrogens with one attached hydrogen (secondary N) is 1. The van der Waals surface area contributed by atoms with Crippen molar-refractivity contribution in [3.05, 3.63) is 58.5 Å². The summed E-state index contributed by atoms with van der Waals surface area (Å²) in [6.07, 6.45) is 0. The van der Waals surface area contributed by atoms with Gasteiger partial charge in [-0.15, -0.1) is 0 Å². The number of rotatable bonds is 4. The minimum absolute atomic E-state index is 0.103. The quantitative estimate of drug-likeness (QED) is 0.851. The van der Waals surface area contributed by atoms with Crippen LogP contribution in [0.5, 0.6) is 0 Å². The van der Waals surface area contributed by atoms with Gasteiger partial charge in [0, 0.05) is 29.7 Å². The van der Waals surface area contributed by atoms with Gasteiger partial charge in [-0.2, -0.15) is 0 Å². The van der Waals surface area contributed by atoms with Crippen molar-refractivity contribution >= 4 is 17.3 Å². The molecule has 0 spiro atoms. The van der Waals surface area contributed by atoms with Crippen LogP contribution in [0.25, 0.3) is 0 Å². The van der Waals surface area contributed by atoms with Crippen LogP contribution in [-0.2, 0) is 11.3 Å². The number of amides is 1. The molecule has 5 nitrogen and oxygen atoms in total. The molecule has 0 atom stereocenters. The van der Waals surface area contributed by atoms with Crippen molar-refractivity contribution in [2.75, 3.05) is 11.1 Å². The maximum absolute atomic E-state index is 12.5. The maximum Gasteiger partial charge on any atom is 0.250 e. The number of carbonyl (C=O) groups excluding carboxylic acids is 1. The zero-order chi connectivity index (χ0) is 16.3. The Bertz CT molecular complexity index is 730. The van der Waals surface area contributed by atoms with Gasteiger partial charge in [-0.3, -0.25) is 9.59 Å². The molecule has 1 amide bonds. The van der Waals surface area contributed by atoms with Crippen molar-refractivity contribution in [3.8, 4) is 0 Å². The van der Waals surface area contributed by atoms with Crippen molar-refractivity contribution < 1.29 is 4.79 Å². The summed E-state index contributed by atoms with van der Waals surface area (Å²) in [6.45, 7) is 5.81. The Hall–Kier alpha value is -2.56. The predicted molar refractivity (Wildman–Crippen MR) is 88.7 cm³/mol. The minimum Gasteiger partial charge on any atom is -0.399 e. The topological polar surface area (TPSA) is 77.1 Å². The molecule has 0 fully saturated rings. The Morgan fingerprint density at radius 2 is 1.82 bits per heavy atom. The Morgan fingerprint density at radius 1 is 1.18 bits per heavy atom. The van der Waals surface area contributed by atoms with E-state index in [1.54, 1.807) is 34.9 Å². The second-order valence-electron chi connectivity index (χ2n) is 6.05. The molecule has 0 saturated heterocycles. The first-order chi connectivity index (χ1) is 10.3. The summed E-state index contributed by atoms with van der Waals surface area (Å²) in [6, 6.07) is 12.0. The van der Waals surface area contributed by atoms with E-state index in [1.807, 2.05) is 26.8 Å². The van der Waals surface area contributed by atoms with Crippen molar-refractivity contribution in [2.45, 2.75) is 27.3 Å². The van der Waals surface area contributed by atoms with Crippen molar-refractivity contribution in [3.63, 3.8) is 0 Å². The fourth-order valence-electron chi connectivity index (χ4n) is 2.16. The molecule has 1 aromatic carbocycles. The van der Waals surface area contributed by atoms with Crippen LogP contribution in [0.1, 0.15) is 19.5 Å². The Morgan fingerprint density at radius 3 is 2.41 bits per heavy atom. The highest BCUT2D eigenvalue weighted by Crippen LogP contribution is 2.21. The van der Waals surface area contributed by atoms with Crippen LogP contribution in [0, 0.1) is 12.3 Å². The molecule has 22 heavy (non-hydrogen) atoms. The third kappa shape index (κ3) is 3.55. The summed E-state index contributed by atoms with van der Waals surface area (Å²) in [5, 5.41) is 2.86. The lowest BCUT2D eigenvalue weighted by Crippen LogP contribution is -2.38. The smallest absolute Gasteiger partial charge is 0.250 e. The Kier molecular flexibility index (Phi) is 4.35. The SMILES string of the molecule is Cc1cccc(=O)n1CC(C)(C)C(=O)Nc1ccc(N)cc1. The molecule has 1 aromatic heterocycles. The number of nitrogens with zero attached hydrogens (tertiary/aromatic N) is 1. The van der Waals surface area contributed by atoms with Gasteiger partial charge in [0.15, 0.2) is 0 Å². The number of aryl methyl sites for hydroxylation is 1. The van der Waals surface area contributed by atoms with Crippen LogP contribution in [0.3, 0.4) is 0 Å². The average molecular weight is 299 g/mol. The molecular weight excluding hydrogens is 278 g/mol. The van der Waals surface area contributed by atoms with Crippen LogP contribution in [0.2, 0.25) is 0 Å². The fraction of sp³-hybridized carbons (Fsp3) is 0.294. The number of aromatic nitrogens is 1. The highest BCUT2D eigenvalue weighted by molar-refractivity contribution is 5.94. The van der Waals surface area contributed by atoms with E-state index in [2.05, 4.69) is 5.32 Å². The van der Waals surface area contributed by atoms with Gasteiger partial charge in [0.1, 0.15) is 0 Å². The Labute approximate surface area is 129 Å². The van der Waals surface area contributed by atoms with Crippen molar-refractivity contribution in [2.24, 2.45) is 5.41 Å². The minimum atomic E-state index is -0.725. The van der Waals surface area contributed by atoms with E-state index in [0.717, 1.165) is 5.69 Å². The van der Waals surface area contributed by atoms with Crippen LogP contribution in [-0.4, -0.2) is 10.5 Å². The normalized spacial score (nSPS) is 11.2. The highest BCUT2D eigenvalue weighted by Gasteiger charge is 2.29. The summed E-state index contributed by atoms with van der Waals surface area (Å²) >= 11 is 0. The van der Waals surface area contributed by atoms with E-state index in [-0.39, 0.29) is 11.5 Å². The third-order valence-electron chi connectivity index (χ3n) is 3.60. The first-order valence-electron chi connectivity index (χ1n) is 7.13. The van der Waals surface area contributed by atoms with Gasteiger partial charge in [-0.05, 0) is 51.1 Å². The number of nitrogens with two attached hydrogens (primary N) is 1. The van der Waals surface area contributed by atoms with Gasteiger partial charge < -0.3 is 15.6 Å². The lowest BCUT2D eigenvalue weighted by Gasteiger charge is -2.25. The number of carbonyl (C=O) groups is 1. The van der Waals surface area contributed by atoms with E-state index >= 15 is 0 Å². The van der Waals surface area contributed by atoms with Gasteiger partial charge in [-0.25, -0.2) is 0 Å². The van der Waals surface area contributed by atoms with Gasteiger partial charge in [0.25, 0.3) is 5.56 Å². The molecule has 1 heterocycles. The molecule has 116 valence electrons. The standard InChI is InChI=1S/C17H21N3O2/c1-12-5-4-6-15(21)20(12)11-17(2,3)16(22)19-14-9-7-13(18)8-10-14/h4-10H,11,18H2,1-3H3,(H,19,22). The molecule has 2 aromatic rings. The predicted octanol–water partition coefficient (Wildman–Crippen LogP) is 2.40. The molecule has 2 rings (SSSR count). The van der Waals surface area contributed by atoms with Crippen LogP contribution < -0.4 is 16.6 Å². The summed E-state index contributed by atoms with van der Waals surface area (Å²) in [7, 11) is 0. The summed E-state index contributed by atoms with van der Waals surface area (Å²) in [4.78, 5) is 24.4. The number of nitrogen functional groups attached to an aromatic ring is 1. The number of hydrogen-bond donors (Lipinski definition) is 2. The summed E-state index contributed by atoms with van der Waals surface area (Å²) in [5.74, 6) is -0.146. The van der Waals surface area contributed by atoms with Crippen LogP contribution >= 0.6 is 0 Å². The van der Waals surface area contributed by atoms with Crippen LogP contribution in [0.4, 0.5) is 11.4 Å². The summed E-state index contributed by atoms with van der Waals surface area (Å²) in [5.41, 5.74) is 6.96. The molecule has 0 saturated carbocycles. The average Bonchev–Trinajstić information content (AvgIpc) is 2.45. The van der Waals surface area contributed by atoms with E-state index in [4.69, 9.17) is 5.73 Å².